The van der Waals surface area contributed by atoms with Crippen LogP contribution >= 0.6 is 11.6 Å². The summed E-state index contributed by atoms with van der Waals surface area (Å²) in [6.07, 6.45) is 4.53. The third kappa shape index (κ3) is 1.90. The molecular weight excluding hydrogens is 200 g/mol. The molecule has 2 nitrogen and oxygen atoms in total. The van der Waals surface area contributed by atoms with Crippen LogP contribution in [0.3, 0.4) is 0 Å². The number of carbonyl (C=O) groups is 1. The second-order valence-corrected chi connectivity index (χ2v) is 3.89. The third-order valence-electron chi connectivity index (χ3n) is 2.44. The fraction of sp³-hybridized carbons (Fsp3) is 0.364. The second kappa shape index (κ2) is 4.01. The van der Waals surface area contributed by atoms with Gasteiger partial charge in [-0.3, -0.25) is 4.79 Å². The standard InChI is InChI=1S/C11H11ClO2/c12-10-6-8(7-13)4-5-11(10)14-9-2-1-3-9/h4-7,9H,1-3H2. The lowest BCUT2D eigenvalue weighted by Gasteiger charge is -2.26. The molecular formula is C11H11ClO2. The van der Waals surface area contributed by atoms with Crippen LogP contribution in [0.2, 0.25) is 5.02 Å². The molecule has 0 aromatic heterocycles. The van der Waals surface area contributed by atoms with Crippen LogP contribution in [-0.2, 0) is 0 Å². The van der Waals surface area contributed by atoms with Crippen molar-refractivity contribution >= 4 is 17.9 Å². The average molecular weight is 211 g/mol. The topological polar surface area (TPSA) is 26.3 Å². The Kier molecular flexibility index (Phi) is 2.73. The van der Waals surface area contributed by atoms with Crippen LogP contribution in [-0.4, -0.2) is 12.4 Å². The number of hydrogen-bond acceptors (Lipinski definition) is 2. The molecule has 0 saturated heterocycles. The molecule has 0 bridgehead atoms. The molecule has 1 aromatic rings. The summed E-state index contributed by atoms with van der Waals surface area (Å²) in [4.78, 5) is 10.5. The molecule has 14 heavy (non-hydrogen) atoms. The highest BCUT2D eigenvalue weighted by Gasteiger charge is 2.19. The van der Waals surface area contributed by atoms with Gasteiger partial charge in [0.15, 0.2) is 0 Å². The summed E-state index contributed by atoms with van der Waals surface area (Å²) < 4.78 is 5.63. The van der Waals surface area contributed by atoms with Crippen LogP contribution in [0.1, 0.15) is 29.6 Å². The van der Waals surface area contributed by atoms with Gasteiger partial charge in [-0.15, -0.1) is 0 Å². The number of halogens is 1. The third-order valence-corrected chi connectivity index (χ3v) is 2.73. The van der Waals surface area contributed by atoms with E-state index in [9.17, 15) is 4.79 Å². The summed E-state index contributed by atoms with van der Waals surface area (Å²) in [6.45, 7) is 0. The molecule has 1 fully saturated rings. The monoisotopic (exact) mass is 210 g/mol. The van der Waals surface area contributed by atoms with E-state index in [1.54, 1.807) is 18.2 Å². The second-order valence-electron chi connectivity index (χ2n) is 3.48. The van der Waals surface area contributed by atoms with Gasteiger partial charge in [0.2, 0.25) is 0 Å². The maximum Gasteiger partial charge on any atom is 0.150 e. The summed E-state index contributed by atoms with van der Waals surface area (Å²) in [5.74, 6) is 0.682. The molecule has 1 aliphatic carbocycles. The van der Waals surface area contributed by atoms with Crippen LogP contribution in [0, 0.1) is 0 Å². The zero-order valence-electron chi connectivity index (χ0n) is 7.70. The molecule has 0 radical (unpaired) electrons. The minimum absolute atomic E-state index is 0.314. The molecule has 0 heterocycles. The highest BCUT2D eigenvalue weighted by molar-refractivity contribution is 6.32. The summed E-state index contributed by atoms with van der Waals surface area (Å²) >= 11 is 5.95. The largest absolute Gasteiger partial charge is 0.489 e. The van der Waals surface area contributed by atoms with Gasteiger partial charge in [0.05, 0.1) is 11.1 Å². The van der Waals surface area contributed by atoms with Gasteiger partial charge in [-0.05, 0) is 37.5 Å². The van der Waals surface area contributed by atoms with Crippen molar-refractivity contribution < 1.29 is 9.53 Å². The number of rotatable bonds is 3. The van der Waals surface area contributed by atoms with E-state index >= 15 is 0 Å². The molecule has 1 aliphatic rings. The number of ether oxygens (including phenoxy) is 1. The Bertz CT molecular complexity index is 345. The van der Waals surface area contributed by atoms with Gasteiger partial charge in [0.25, 0.3) is 0 Å². The quantitative estimate of drug-likeness (QED) is 0.717. The normalized spacial score (nSPS) is 16.1. The molecule has 0 amide bonds. The van der Waals surface area contributed by atoms with Crippen LogP contribution in [0.15, 0.2) is 18.2 Å². The maximum atomic E-state index is 10.5. The van der Waals surface area contributed by atoms with Crippen molar-refractivity contribution in [2.45, 2.75) is 25.4 Å². The minimum atomic E-state index is 0.314. The van der Waals surface area contributed by atoms with Gasteiger partial charge in [0.1, 0.15) is 12.0 Å². The zero-order chi connectivity index (χ0) is 9.97. The van der Waals surface area contributed by atoms with Crippen LogP contribution in [0.5, 0.6) is 5.75 Å². The lowest BCUT2D eigenvalue weighted by molar-refractivity contribution is 0.112. The van der Waals surface area contributed by atoms with Gasteiger partial charge in [0, 0.05) is 5.56 Å². The Morgan fingerprint density at radius 3 is 2.71 bits per heavy atom. The average Bonchev–Trinajstić information content (AvgIpc) is 2.13. The van der Waals surface area contributed by atoms with Crippen LogP contribution in [0.25, 0.3) is 0 Å². The summed E-state index contributed by atoms with van der Waals surface area (Å²) in [5.41, 5.74) is 0.580. The Hall–Kier alpha value is -1.02. The predicted octanol–water partition coefficient (Wildman–Crippen LogP) is 3.08. The van der Waals surface area contributed by atoms with Crippen molar-refractivity contribution in [2.24, 2.45) is 0 Å². The van der Waals surface area contributed by atoms with Crippen molar-refractivity contribution in [3.63, 3.8) is 0 Å². The van der Waals surface area contributed by atoms with E-state index in [1.165, 1.54) is 6.42 Å². The van der Waals surface area contributed by atoms with Crippen molar-refractivity contribution in [2.75, 3.05) is 0 Å². The Morgan fingerprint density at radius 2 is 2.21 bits per heavy atom. The number of aldehydes is 1. The van der Waals surface area contributed by atoms with Gasteiger partial charge >= 0.3 is 0 Å². The van der Waals surface area contributed by atoms with Gasteiger partial charge in [-0.2, -0.15) is 0 Å². The van der Waals surface area contributed by atoms with E-state index in [1.807, 2.05) is 0 Å². The fourth-order valence-corrected chi connectivity index (χ4v) is 1.59. The molecule has 1 saturated carbocycles. The van der Waals surface area contributed by atoms with Crippen LogP contribution in [0.4, 0.5) is 0 Å². The maximum absolute atomic E-state index is 10.5. The Morgan fingerprint density at radius 1 is 1.43 bits per heavy atom. The van der Waals surface area contributed by atoms with E-state index in [4.69, 9.17) is 16.3 Å². The van der Waals surface area contributed by atoms with Crippen molar-refractivity contribution in [1.29, 1.82) is 0 Å². The van der Waals surface area contributed by atoms with E-state index in [0.717, 1.165) is 19.1 Å². The van der Waals surface area contributed by atoms with Gasteiger partial charge in [-0.1, -0.05) is 11.6 Å². The molecule has 0 unspecified atom stereocenters. The number of carbonyl (C=O) groups excluding carboxylic acids is 1. The Labute approximate surface area is 87.8 Å². The van der Waals surface area contributed by atoms with Gasteiger partial charge in [-0.25, -0.2) is 0 Å². The van der Waals surface area contributed by atoms with Crippen molar-refractivity contribution in [3.8, 4) is 5.75 Å². The first kappa shape index (κ1) is 9.53. The van der Waals surface area contributed by atoms with E-state index in [2.05, 4.69) is 0 Å². The highest BCUT2D eigenvalue weighted by Crippen LogP contribution is 2.30. The van der Waals surface area contributed by atoms with E-state index < -0.39 is 0 Å². The van der Waals surface area contributed by atoms with E-state index in [0.29, 0.717) is 22.4 Å². The fourth-order valence-electron chi connectivity index (χ4n) is 1.35. The molecule has 0 aliphatic heterocycles. The van der Waals surface area contributed by atoms with Crippen molar-refractivity contribution in [1.82, 2.24) is 0 Å². The predicted molar refractivity (Wildman–Crippen MR) is 55.1 cm³/mol. The number of benzene rings is 1. The first-order chi connectivity index (χ1) is 6.79. The minimum Gasteiger partial charge on any atom is -0.489 e. The summed E-state index contributed by atoms with van der Waals surface area (Å²) in [5, 5.41) is 0.515. The van der Waals surface area contributed by atoms with Gasteiger partial charge < -0.3 is 4.74 Å². The first-order valence-corrected chi connectivity index (χ1v) is 5.09. The summed E-state index contributed by atoms with van der Waals surface area (Å²) in [7, 11) is 0. The molecule has 3 heteroatoms. The summed E-state index contributed by atoms with van der Waals surface area (Å²) in [6, 6.07) is 5.10. The zero-order valence-corrected chi connectivity index (χ0v) is 8.46. The smallest absolute Gasteiger partial charge is 0.150 e. The molecule has 2 rings (SSSR count). The lowest BCUT2D eigenvalue weighted by Crippen LogP contribution is -2.24. The van der Waals surface area contributed by atoms with E-state index in [-0.39, 0.29) is 0 Å². The number of hydrogen-bond donors (Lipinski definition) is 0. The van der Waals surface area contributed by atoms with Crippen molar-refractivity contribution in [3.05, 3.63) is 28.8 Å². The lowest BCUT2D eigenvalue weighted by atomic mass is 9.96. The molecule has 1 aromatic carbocycles. The molecule has 0 N–H and O–H groups in total. The molecule has 0 atom stereocenters. The Balaban J connectivity index is 2.12. The van der Waals surface area contributed by atoms with Crippen LogP contribution < -0.4 is 4.74 Å². The first-order valence-electron chi connectivity index (χ1n) is 4.71. The highest BCUT2D eigenvalue weighted by atomic mass is 35.5. The molecule has 0 spiro atoms. The SMILES string of the molecule is O=Cc1ccc(OC2CCC2)c(Cl)c1. The molecule has 74 valence electrons.